The Labute approximate surface area is 156 Å². The van der Waals surface area contributed by atoms with Crippen LogP contribution in [0.1, 0.15) is 35.6 Å². The minimum absolute atomic E-state index is 0.125. The second kappa shape index (κ2) is 7.31. The molecule has 1 aliphatic rings. The number of H-pyrrole nitrogens is 1. The largest absolute Gasteiger partial charge is 0.453 e. The molecule has 0 aliphatic carbocycles. The number of aromatic amines is 1. The van der Waals surface area contributed by atoms with Gasteiger partial charge in [0.2, 0.25) is 0 Å². The van der Waals surface area contributed by atoms with E-state index < -0.39 is 0 Å². The SMILES string of the molecule is COC(=O)N1CCC(c2o[nH]c(=O)c2Cc2ccc3ccccc3c2)CC1. The highest BCUT2D eigenvalue weighted by Crippen LogP contribution is 2.30. The molecule has 140 valence electrons. The molecule has 2 aromatic carbocycles. The molecular formula is C21H22N2O4. The third-order valence-electron chi connectivity index (χ3n) is 5.32. The molecule has 0 spiro atoms. The molecule has 1 saturated heterocycles. The fourth-order valence-electron chi connectivity index (χ4n) is 3.84. The summed E-state index contributed by atoms with van der Waals surface area (Å²) in [6.07, 6.45) is 1.73. The molecule has 0 saturated carbocycles. The molecule has 1 N–H and O–H groups in total. The summed E-state index contributed by atoms with van der Waals surface area (Å²) in [5.74, 6) is 0.845. The van der Waals surface area contributed by atoms with Gasteiger partial charge in [-0.1, -0.05) is 42.5 Å². The summed E-state index contributed by atoms with van der Waals surface area (Å²) in [5, 5.41) is 4.84. The number of methoxy groups -OCH3 is 1. The number of carbonyl (C=O) groups excluding carboxylic acids is 1. The maximum absolute atomic E-state index is 12.3. The van der Waals surface area contributed by atoms with E-state index in [0.717, 1.165) is 29.6 Å². The molecule has 27 heavy (non-hydrogen) atoms. The monoisotopic (exact) mass is 366 g/mol. The van der Waals surface area contributed by atoms with E-state index in [0.29, 0.717) is 25.1 Å². The second-order valence-corrected chi connectivity index (χ2v) is 6.97. The zero-order valence-corrected chi connectivity index (χ0v) is 15.2. The number of carbonyl (C=O) groups is 1. The van der Waals surface area contributed by atoms with Crippen LogP contribution in [0.4, 0.5) is 4.79 Å². The van der Waals surface area contributed by atoms with Crippen LogP contribution in [-0.2, 0) is 11.2 Å². The van der Waals surface area contributed by atoms with Crippen LogP contribution < -0.4 is 5.56 Å². The highest BCUT2D eigenvalue weighted by atomic mass is 16.5. The van der Waals surface area contributed by atoms with Crippen molar-refractivity contribution in [2.24, 2.45) is 0 Å². The normalized spacial score (nSPS) is 15.2. The van der Waals surface area contributed by atoms with Crippen molar-refractivity contribution in [3.8, 4) is 0 Å². The molecule has 0 unspecified atom stereocenters. The van der Waals surface area contributed by atoms with Gasteiger partial charge >= 0.3 is 6.09 Å². The first-order chi connectivity index (χ1) is 13.2. The van der Waals surface area contributed by atoms with Crippen LogP contribution >= 0.6 is 0 Å². The van der Waals surface area contributed by atoms with E-state index in [9.17, 15) is 9.59 Å². The predicted molar refractivity (Wildman–Crippen MR) is 102 cm³/mol. The third-order valence-corrected chi connectivity index (χ3v) is 5.32. The summed E-state index contributed by atoms with van der Waals surface area (Å²) in [6, 6.07) is 14.4. The smallest absolute Gasteiger partial charge is 0.409 e. The Kier molecular flexibility index (Phi) is 4.71. The number of benzene rings is 2. The summed E-state index contributed by atoms with van der Waals surface area (Å²) < 4.78 is 10.3. The van der Waals surface area contributed by atoms with Gasteiger partial charge in [-0.2, -0.15) is 5.16 Å². The van der Waals surface area contributed by atoms with Crippen molar-refractivity contribution in [3.05, 3.63) is 69.7 Å². The lowest BCUT2D eigenvalue weighted by atomic mass is 9.90. The molecule has 0 atom stereocenters. The zero-order valence-electron chi connectivity index (χ0n) is 15.2. The van der Waals surface area contributed by atoms with Gasteiger partial charge in [0.1, 0.15) is 5.76 Å². The van der Waals surface area contributed by atoms with Gasteiger partial charge in [0.05, 0.1) is 12.7 Å². The van der Waals surface area contributed by atoms with Crippen LogP contribution in [0.3, 0.4) is 0 Å². The van der Waals surface area contributed by atoms with Crippen LogP contribution in [0.25, 0.3) is 10.8 Å². The molecular weight excluding hydrogens is 344 g/mol. The first-order valence-electron chi connectivity index (χ1n) is 9.16. The maximum atomic E-state index is 12.3. The maximum Gasteiger partial charge on any atom is 0.409 e. The molecule has 6 heteroatoms. The van der Waals surface area contributed by atoms with Crippen molar-refractivity contribution < 1.29 is 14.1 Å². The second-order valence-electron chi connectivity index (χ2n) is 6.97. The molecule has 3 aromatic rings. The number of hydrogen-bond donors (Lipinski definition) is 1. The number of nitrogens with zero attached hydrogens (tertiary/aromatic N) is 1. The van der Waals surface area contributed by atoms with Crippen LogP contribution in [0.2, 0.25) is 0 Å². The van der Waals surface area contributed by atoms with Crippen molar-refractivity contribution >= 4 is 16.9 Å². The van der Waals surface area contributed by atoms with Crippen LogP contribution in [0.15, 0.2) is 51.8 Å². The summed E-state index contributed by atoms with van der Waals surface area (Å²) in [5.41, 5.74) is 1.59. The number of aromatic nitrogens is 1. The van der Waals surface area contributed by atoms with Crippen LogP contribution in [0.5, 0.6) is 0 Å². The van der Waals surface area contributed by atoms with E-state index in [1.165, 1.54) is 12.5 Å². The summed E-state index contributed by atoms with van der Waals surface area (Å²) in [6.45, 7) is 1.20. The minimum Gasteiger partial charge on any atom is -0.453 e. The Morgan fingerprint density at radius 1 is 1.19 bits per heavy atom. The van der Waals surface area contributed by atoms with E-state index in [4.69, 9.17) is 9.26 Å². The van der Waals surface area contributed by atoms with E-state index in [1.807, 2.05) is 12.1 Å². The van der Waals surface area contributed by atoms with Gasteiger partial charge in [0, 0.05) is 25.4 Å². The first kappa shape index (κ1) is 17.4. The van der Waals surface area contributed by atoms with Gasteiger partial charge in [0.25, 0.3) is 5.56 Å². The molecule has 1 aromatic heterocycles. The van der Waals surface area contributed by atoms with Crippen molar-refractivity contribution in [1.82, 2.24) is 10.1 Å². The van der Waals surface area contributed by atoms with Crippen molar-refractivity contribution in [2.45, 2.75) is 25.2 Å². The van der Waals surface area contributed by atoms with Crippen LogP contribution in [-0.4, -0.2) is 36.3 Å². The molecule has 2 heterocycles. The number of piperidine rings is 1. The molecule has 6 nitrogen and oxygen atoms in total. The van der Waals surface area contributed by atoms with Gasteiger partial charge < -0.3 is 14.2 Å². The number of ether oxygens (including phenoxy) is 1. The number of nitrogens with one attached hydrogen (secondary N) is 1. The lowest BCUT2D eigenvalue weighted by molar-refractivity contribution is 0.110. The third kappa shape index (κ3) is 3.47. The van der Waals surface area contributed by atoms with Gasteiger partial charge in [-0.25, -0.2) is 4.79 Å². The van der Waals surface area contributed by atoms with E-state index in [1.54, 1.807) is 4.90 Å². The van der Waals surface area contributed by atoms with Gasteiger partial charge in [-0.15, -0.1) is 0 Å². The number of likely N-dealkylation sites (tertiary alicyclic amines) is 1. The topological polar surface area (TPSA) is 75.5 Å². The molecule has 1 aliphatic heterocycles. The molecule has 0 bridgehead atoms. The number of rotatable bonds is 3. The van der Waals surface area contributed by atoms with Crippen molar-refractivity contribution in [1.29, 1.82) is 0 Å². The summed E-state index contributed by atoms with van der Waals surface area (Å²) in [4.78, 5) is 25.7. The van der Waals surface area contributed by atoms with Crippen LogP contribution in [0, 0.1) is 0 Å². The molecule has 0 radical (unpaired) electrons. The highest BCUT2D eigenvalue weighted by Gasteiger charge is 2.29. The average molecular weight is 366 g/mol. The summed E-state index contributed by atoms with van der Waals surface area (Å²) in [7, 11) is 1.39. The number of fused-ring (bicyclic) bond motifs is 1. The Morgan fingerprint density at radius 3 is 2.67 bits per heavy atom. The van der Waals surface area contributed by atoms with E-state index >= 15 is 0 Å². The lowest BCUT2D eigenvalue weighted by Gasteiger charge is -2.30. The van der Waals surface area contributed by atoms with Gasteiger partial charge in [-0.3, -0.25) is 4.79 Å². The lowest BCUT2D eigenvalue weighted by Crippen LogP contribution is -2.37. The van der Waals surface area contributed by atoms with Crippen molar-refractivity contribution in [3.63, 3.8) is 0 Å². The first-order valence-corrected chi connectivity index (χ1v) is 9.16. The predicted octanol–water partition coefficient (Wildman–Crippen LogP) is 3.66. The number of hydrogen-bond acceptors (Lipinski definition) is 4. The zero-order chi connectivity index (χ0) is 18.8. The molecule has 1 amide bonds. The standard InChI is InChI=1S/C21H22N2O4/c1-26-21(25)23-10-8-16(9-11-23)19-18(20(24)22-27-19)13-14-6-7-15-4-2-3-5-17(15)12-14/h2-7,12,16H,8-11,13H2,1H3,(H,22,24). The Hall–Kier alpha value is -3.02. The molecule has 4 rings (SSSR count). The Bertz CT molecular complexity index is 1010. The summed E-state index contributed by atoms with van der Waals surface area (Å²) >= 11 is 0. The Balaban J connectivity index is 1.55. The molecule has 1 fully saturated rings. The fourth-order valence-corrected chi connectivity index (χ4v) is 3.84. The Morgan fingerprint density at radius 2 is 1.93 bits per heavy atom. The van der Waals surface area contributed by atoms with E-state index in [2.05, 4.69) is 35.5 Å². The van der Waals surface area contributed by atoms with Gasteiger partial charge in [-0.05, 0) is 29.2 Å². The number of amides is 1. The minimum atomic E-state index is -0.305. The quantitative estimate of drug-likeness (QED) is 0.768. The van der Waals surface area contributed by atoms with Crippen molar-refractivity contribution in [2.75, 3.05) is 20.2 Å². The van der Waals surface area contributed by atoms with E-state index in [-0.39, 0.29) is 17.6 Å². The fraction of sp³-hybridized carbons (Fsp3) is 0.333. The average Bonchev–Trinajstić information content (AvgIpc) is 3.07. The highest BCUT2D eigenvalue weighted by molar-refractivity contribution is 5.83. The van der Waals surface area contributed by atoms with Gasteiger partial charge in [0.15, 0.2) is 0 Å².